The molecule has 0 aliphatic rings. The summed E-state index contributed by atoms with van der Waals surface area (Å²) >= 11 is 0. The fourth-order valence-corrected chi connectivity index (χ4v) is 7.59. The molecule has 0 unspecified atom stereocenters. The van der Waals surface area contributed by atoms with Crippen LogP contribution in [-0.2, 0) is 13.0 Å². The number of pyridine rings is 2. The molecule has 59 heavy (non-hydrogen) atoms. The van der Waals surface area contributed by atoms with Gasteiger partial charge in [0, 0.05) is 28.9 Å². The lowest BCUT2D eigenvalue weighted by Crippen LogP contribution is -2.21. The molecule has 0 atom stereocenters. The van der Waals surface area contributed by atoms with Gasteiger partial charge in [0.2, 0.25) is 0 Å². The topological polar surface area (TPSA) is 71.6 Å². The number of nitrogens with zero attached hydrogens (tertiary/aromatic N) is 7. The number of benzene rings is 4. The molecular weight excluding hydrogens is 723 g/mol. The van der Waals surface area contributed by atoms with Gasteiger partial charge in [-0.2, -0.15) is 0 Å². The van der Waals surface area contributed by atoms with Crippen LogP contribution in [0.1, 0.15) is 54.4 Å². The highest BCUT2D eigenvalue weighted by Crippen LogP contribution is 2.39. The monoisotopic (exact) mass is 767 g/mol. The summed E-state index contributed by atoms with van der Waals surface area (Å²) < 4.78 is 2.09. The van der Waals surface area contributed by atoms with Crippen LogP contribution in [0, 0.1) is 0 Å². The second-order valence-corrected chi connectivity index (χ2v) is 14.2. The molecular formula is C52H45N7. The molecule has 0 saturated heterocycles. The highest BCUT2D eigenvalue weighted by molar-refractivity contribution is 5.93. The van der Waals surface area contributed by atoms with E-state index >= 15 is 0 Å². The predicted octanol–water partition coefficient (Wildman–Crippen LogP) is 12.5. The molecule has 8 rings (SSSR count). The third-order valence-electron chi connectivity index (χ3n) is 10.5. The average molecular weight is 768 g/mol. The van der Waals surface area contributed by atoms with E-state index in [0.29, 0.717) is 6.54 Å². The Labute approximate surface area is 346 Å². The third-order valence-corrected chi connectivity index (χ3v) is 10.5. The second kappa shape index (κ2) is 17.3. The van der Waals surface area contributed by atoms with E-state index in [1.54, 1.807) is 0 Å². The lowest BCUT2D eigenvalue weighted by Gasteiger charge is -2.32. The van der Waals surface area contributed by atoms with Crippen LogP contribution < -0.4 is 0 Å². The summed E-state index contributed by atoms with van der Waals surface area (Å²) in [5.74, 6) is 0. The number of hydrogen-bond donors (Lipinski definition) is 0. The third kappa shape index (κ3) is 7.78. The number of aliphatic imine (C=N–C) groups is 1. The molecule has 8 aromatic rings. The van der Waals surface area contributed by atoms with Crippen molar-refractivity contribution in [3.63, 3.8) is 0 Å². The molecule has 7 heteroatoms. The molecule has 288 valence electrons. The average Bonchev–Trinajstić information content (AvgIpc) is 3.70. The number of aromatic nitrogens is 5. The van der Waals surface area contributed by atoms with Crippen LogP contribution in [0.4, 0.5) is 5.69 Å². The minimum Gasteiger partial charge on any atom is -0.336 e. The van der Waals surface area contributed by atoms with Crippen LogP contribution in [0.5, 0.6) is 0 Å². The zero-order valence-corrected chi connectivity index (χ0v) is 33.6. The first-order valence-corrected chi connectivity index (χ1v) is 19.8. The van der Waals surface area contributed by atoms with Crippen molar-refractivity contribution in [2.75, 3.05) is 0 Å². The van der Waals surface area contributed by atoms with E-state index in [2.05, 4.69) is 114 Å². The van der Waals surface area contributed by atoms with Crippen molar-refractivity contribution >= 4 is 41.1 Å². The fraction of sp³-hybridized carbons (Fsp3) is 0.0962. The Hall–Kier alpha value is -7.51. The number of imidazole rings is 1. The molecule has 0 bridgehead atoms. The van der Waals surface area contributed by atoms with Gasteiger partial charge in [-0.25, -0.2) is 19.9 Å². The maximum atomic E-state index is 5.31. The Bertz CT molecular complexity index is 2840. The zero-order chi connectivity index (χ0) is 40.7. The van der Waals surface area contributed by atoms with Crippen LogP contribution in [0.2, 0.25) is 0 Å². The molecule has 0 fully saturated rings. The van der Waals surface area contributed by atoms with E-state index in [1.807, 2.05) is 104 Å². The Morgan fingerprint density at radius 2 is 1.37 bits per heavy atom. The number of para-hydroxylation sites is 1. The van der Waals surface area contributed by atoms with Gasteiger partial charge in [-0.05, 0) is 74.0 Å². The first-order chi connectivity index (χ1) is 29.0. The summed E-state index contributed by atoms with van der Waals surface area (Å²) in [5.41, 5.74) is 15.3. The zero-order valence-electron chi connectivity index (χ0n) is 33.6. The molecule has 7 nitrogen and oxygen atoms in total. The number of rotatable bonds is 13. The van der Waals surface area contributed by atoms with Crippen molar-refractivity contribution in [1.82, 2.24) is 29.2 Å². The molecule has 0 spiro atoms. The van der Waals surface area contributed by atoms with Gasteiger partial charge in [-0.15, -0.1) is 0 Å². The maximum Gasteiger partial charge on any atom is 0.148 e. The van der Waals surface area contributed by atoms with E-state index in [1.165, 1.54) is 0 Å². The van der Waals surface area contributed by atoms with Gasteiger partial charge in [-0.3, -0.25) is 9.39 Å². The fourth-order valence-electron chi connectivity index (χ4n) is 7.59. The van der Waals surface area contributed by atoms with Gasteiger partial charge in [-0.1, -0.05) is 147 Å². The van der Waals surface area contributed by atoms with E-state index in [0.717, 1.165) is 102 Å². The minimum atomic E-state index is 0.573. The van der Waals surface area contributed by atoms with Crippen molar-refractivity contribution in [3.8, 4) is 34.0 Å². The first kappa shape index (κ1) is 38.4. The summed E-state index contributed by atoms with van der Waals surface area (Å²) in [4.78, 5) is 27.4. The van der Waals surface area contributed by atoms with Gasteiger partial charge in [0.15, 0.2) is 0 Å². The van der Waals surface area contributed by atoms with Crippen molar-refractivity contribution < 1.29 is 0 Å². The van der Waals surface area contributed by atoms with E-state index in [9.17, 15) is 0 Å². The minimum absolute atomic E-state index is 0.573. The second-order valence-electron chi connectivity index (χ2n) is 14.2. The Balaban J connectivity index is 1.27. The molecule has 4 heterocycles. The summed E-state index contributed by atoms with van der Waals surface area (Å²) in [6.45, 7) is 15.4. The summed E-state index contributed by atoms with van der Waals surface area (Å²) in [7, 11) is 0. The van der Waals surface area contributed by atoms with Crippen LogP contribution >= 0.6 is 0 Å². The SMILES string of the molecule is C=Nc1ccccc1C(=C)N(Cc1ccccc1)/C(=C(\C)c1cccc(-c2cccc(-c3nc4c(/C=C\C)c(CC)ncn4c3-c3ccccc3)n2)n1)c1ccccc1. The summed E-state index contributed by atoms with van der Waals surface area (Å²) in [6.07, 6.45) is 6.82. The molecule has 4 aromatic heterocycles. The molecule has 0 saturated carbocycles. The first-order valence-electron chi connectivity index (χ1n) is 19.8. The quantitative estimate of drug-likeness (QED) is 0.109. The maximum absolute atomic E-state index is 5.31. The highest BCUT2D eigenvalue weighted by atomic mass is 15.2. The van der Waals surface area contributed by atoms with Crippen molar-refractivity contribution in [2.24, 2.45) is 4.99 Å². The van der Waals surface area contributed by atoms with E-state index in [-0.39, 0.29) is 0 Å². The highest BCUT2D eigenvalue weighted by Gasteiger charge is 2.24. The number of hydrogen-bond acceptors (Lipinski definition) is 6. The lowest BCUT2D eigenvalue weighted by atomic mass is 9.99. The molecule has 0 aliphatic heterocycles. The summed E-state index contributed by atoms with van der Waals surface area (Å²) in [6, 6.07) is 51.4. The Morgan fingerprint density at radius 1 is 0.729 bits per heavy atom. The van der Waals surface area contributed by atoms with Gasteiger partial charge >= 0.3 is 0 Å². The summed E-state index contributed by atoms with van der Waals surface area (Å²) in [5, 5.41) is 0. The smallest absolute Gasteiger partial charge is 0.148 e. The van der Waals surface area contributed by atoms with Crippen molar-refractivity contribution in [1.29, 1.82) is 0 Å². The lowest BCUT2D eigenvalue weighted by molar-refractivity contribution is 0.553. The normalized spacial score (nSPS) is 11.8. The number of aryl methyl sites for hydroxylation is 1. The molecule has 4 aromatic carbocycles. The van der Waals surface area contributed by atoms with Gasteiger partial charge < -0.3 is 4.90 Å². The van der Waals surface area contributed by atoms with Crippen LogP contribution in [0.25, 0.3) is 62.7 Å². The standard InChI is InChI=1S/C52H45N7/c1-6-21-42-43(7-2)54-35-59-51(40-26-15-10-16-27-40)49(57-52(42)59)48-33-20-32-47(56-48)46-31-19-30-44(55-46)36(3)50(39-24-13-9-14-25-39)58(34-38-22-11-8-12-23-38)37(4)41-28-17-18-29-45(41)53-5/h6,8-33,35H,4-5,7,34H2,1-3H3/b21-6-,50-36+. The molecule has 0 radical (unpaired) electrons. The Kier molecular flexibility index (Phi) is 11.3. The number of allylic oxidation sites excluding steroid dienone is 2. The van der Waals surface area contributed by atoms with Crippen LogP contribution in [0.15, 0.2) is 176 Å². The largest absolute Gasteiger partial charge is 0.336 e. The molecule has 0 amide bonds. The molecule has 0 N–H and O–H groups in total. The van der Waals surface area contributed by atoms with Gasteiger partial charge in [0.05, 0.1) is 45.5 Å². The van der Waals surface area contributed by atoms with Gasteiger partial charge in [0.1, 0.15) is 17.7 Å². The van der Waals surface area contributed by atoms with Gasteiger partial charge in [0.25, 0.3) is 0 Å². The van der Waals surface area contributed by atoms with Crippen molar-refractivity contribution in [3.05, 3.63) is 204 Å². The van der Waals surface area contributed by atoms with Crippen LogP contribution in [0.3, 0.4) is 0 Å². The number of fused-ring (bicyclic) bond motifs is 1. The Morgan fingerprint density at radius 3 is 2.08 bits per heavy atom. The van der Waals surface area contributed by atoms with Crippen LogP contribution in [-0.4, -0.2) is 36.0 Å². The van der Waals surface area contributed by atoms with Crippen molar-refractivity contribution in [2.45, 2.75) is 33.7 Å². The van der Waals surface area contributed by atoms with E-state index < -0.39 is 0 Å². The molecule has 0 aliphatic carbocycles. The predicted molar refractivity (Wildman–Crippen MR) is 245 cm³/mol. The van der Waals surface area contributed by atoms with E-state index in [4.69, 9.17) is 19.9 Å².